The number of hydrogen-bond donors (Lipinski definition) is 0. The summed E-state index contributed by atoms with van der Waals surface area (Å²) in [5.41, 5.74) is 0.293. The highest BCUT2D eigenvalue weighted by Gasteiger charge is 2.15. The average Bonchev–Trinajstić information content (AvgIpc) is 2.70. The minimum atomic E-state index is -0.497. The topological polar surface area (TPSA) is 65.5 Å². The van der Waals surface area contributed by atoms with Gasteiger partial charge in [-0.3, -0.25) is 0 Å². The van der Waals surface area contributed by atoms with E-state index in [0.29, 0.717) is 19.1 Å². The third-order valence-corrected chi connectivity index (χ3v) is 4.75. The van der Waals surface area contributed by atoms with Gasteiger partial charge in [0.2, 0.25) is 0 Å². The van der Waals surface area contributed by atoms with Crippen LogP contribution in [0.3, 0.4) is 0 Å². The number of rotatable bonds is 14. The molecule has 152 valence electrons. The molecular weight excluding hydrogens is 342 g/mol. The van der Waals surface area contributed by atoms with Gasteiger partial charge in [-0.2, -0.15) is 0 Å². The van der Waals surface area contributed by atoms with Crippen LogP contribution < -0.4 is 0 Å². The summed E-state index contributed by atoms with van der Waals surface area (Å²) >= 11 is 0. The molecule has 0 aliphatic carbocycles. The number of nitrogens with zero attached hydrogens (tertiary/aromatic N) is 1. The second-order valence-corrected chi connectivity index (χ2v) is 6.95. The second kappa shape index (κ2) is 14.2. The summed E-state index contributed by atoms with van der Waals surface area (Å²) in [6.45, 7) is 7.11. The summed E-state index contributed by atoms with van der Waals surface area (Å²) in [6.07, 6.45) is 10.1. The number of carbonyl (C=O) groups excluding carboxylic acids is 2. The zero-order valence-electron chi connectivity index (χ0n) is 17.2. The van der Waals surface area contributed by atoms with E-state index in [1.165, 1.54) is 32.1 Å². The Hall–Kier alpha value is -1.91. The molecule has 0 atom stereocenters. The van der Waals surface area contributed by atoms with E-state index in [2.05, 4.69) is 25.8 Å². The van der Waals surface area contributed by atoms with Crippen molar-refractivity contribution in [1.29, 1.82) is 0 Å². The highest BCUT2D eigenvalue weighted by molar-refractivity contribution is 5.91. The third kappa shape index (κ3) is 9.55. The van der Waals surface area contributed by atoms with Crippen LogP contribution >= 0.6 is 0 Å². The molecule has 27 heavy (non-hydrogen) atoms. The van der Waals surface area contributed by atoms with Crippen molar-refractivity contribution >= 4 is 11.9 Å². The summed E-state index contributed by atoms with van der Waals surface area (Å²) in [4.78, 5) is 28.3. The molecule has 0 unspecified atom stereocenters. The quantitative estimate of drug-likeness (QED) is 0.313. The molecule has 0 saturated heterocycles. The SMILES string of the molecule is CCCCCCCCCOC(=O)c1cccc(C(=O)OCC(CC)CC)n1. The van der Waals surface area contributed by atoms with Gasteiger partial charge in [-0.05, 0) is 24.5 Å². The summed E-state index contributed by atoms with van der Waals surface area (Å²) in [6, 6.07) is 4.75. The molecule has 0 aliphatic rings. The van der Waals surface area contributed by atoms with E-state index in [0.717, 1.165) is 25.7 Å². The minimum Gasteiger partial charge on any atom is -0.461 e. The van der Waals surface area contributed by atoms with Crippen molar-refractivity contribution in [3.63, 3.8) is 0 Å². The molecular formula is C22H35NO4. The van der Waals surface area contributed by atoms with Crippen molar-refractivity contribution in [2.24, 2.45) is 5.92 Å². The van der Waals surface area contributed by atoms with Crippen LogP contribution in [-0.4, -0.2) is 30.1 Å². The Labute approximate surface area is 163 Å². The highest BCUT2D eigenvalue weighted by atomic mass is 16.5. The van der Waals surface area contributed by atoms with Crippen LogP contribution in [0.1, 0.15) is 99.5 Å². The molecule has 0 radical (unpaired) electrons. The van der Waals surface area contributed by atoms with Crippen LogP contribution in [0.4, 0.5) is 0 Å². The van der Waals surface area contributed by atoms with Gasteiger partial charge >= 0.3 is 11.9 Å². The van der Waals surface area contributed by atoms with Crippen LogP contribution in [-0.2, 0) is 9.47 Å². The lowest BCUT2D eigenvalue weighted by Gasteiger charge is -2.12. The fourth-order valence-corrected chi connectivity index (χ4v) is 2.75. The van der Waals surface area contributed by atoms with Crippen molar-refractivity contribution in [3.8, 4) is 0 Å². The number of hydrogen-bond acceptors (Lipinski definition) is 5. The Morgan fingerprint density at radius 2 is 1.41 bits per heavy atom. The van der Waals surface area contributed by atoms with Crippen molar-refractivity contribution in [1.82, 2.24) is 4.98 Å². The van der Waals surface area contributed by atoms with E-state index in [1.54, 1.807) is 18.2 Å². The minimum absolute atomic E-state index is 0.145. The zero-order valence-corrected chi connectivity index (χ0v) is 17.2. The lowest BCUT2D eigenvalue weighted by molar-refractivity contribution is 0.0425. The Balaban J connectivity index is 2.37. The molecule has 1 rings (SSSR count). The van der Waals surface area contributed by atoms with Crippen LogP contribution in [0.2, 0.25) is 0 Å². The van der Waals surface area contributed by atoms with E-state index < -0.39 is 11.9 Å². The molecule has 0 aromatic carbocycles. The maximum Gasteiger partial charge on any atom is 0.356 e. The molecule has 0 bridgehead atoms. The second-order valence-electron chi connectivity index (χ2n) is 6.95. The van der Waals surface area contributed by atoms with Gasteiger partial charge in [0, 0.05) is 0 Å². The fourth-order valence-electron chi connectivity index (χ4n) is 2.75. The number of ether oxygens (including phenoxy) is 2. The van der Waals surface area contributed by atoms with Crippen molar-refractivity contribution in [3.05, 3.63) is 29.6 Å². The number of carbonyl (C=O) groups is 2. The summed E-state index contributed by atoms with van der Waals surface area (Å²) < 4.78 is 10.6. The molecule has 1 aromatic rings. The normalized spacial score (nSPS) is 10.8. The Morgan fingerprint density at radius 3 is 2.00 bits per heavy atom. The largest absolute Gasteiger partial charge is 0.461 e. The van der Waals surface area contributed by atoms with E-state index in [1.807, 2.05) is 0 Å². The monoisotopic (exact) mass is 377 g/mol. The molecule has 1 heterocycles. The Kier molecular flexibility index (Phi) is 12.2. The standard InChI is InChI=1S/C22H35NO4/c1-4-7-8-9-10-11-12-16-26-21(24)19-14-13-15-20(23-19)22(25)27-17-18(5-2)6-3/h13-15,18H,4-12,16-17H2,1-3H3. The molecule has 0 spiro atoms. The van der Waals surface area contributed by atoms with Crippen LogP contribution in [0.25, 0.3) is 0 Å². The van der Waals surface area contributed by atoms with Gasteiger partial charge in [0.05, 0.1) is 13.2 Å². The van der Waals surface area contributed by atoms with Gasteiger partial charge in [0.15, 0.2) is 0 Å². The molecule has 0 aliphatic heterocycles. The molecule has 0 N–H and O–H groups in total. The van der Waals surface area contributed by atoms with E-state index in [-0.39, 0.29) is 11.4 Å². The molecule has 5 heteroatoms. The van der Waals surface area contributed by atoms with Gasteiger partial charge in [-0.1, -0.05) is 78.2 Å². The highest BCUT2D eigenvalue weighted by Crippen LogP contribution is 2.11. The third-order valence-electron chi connectivity index (χ3n) is 4.75. The summed E-state index contributed by atoms with van der Waals surface area (Å²) in [7, 11) is 0. The first-order valence-corrected chi connectivity index (χ1v) is 10.4. The molecule has 5 nitrogen and oxygen atoms in total. The molecule has 0 saturated carbocycles. The zero-order chi connectivity index (χ0) is 19.9. The summed E-state index contributed by atoms with van der Waals surface area (Å²) in [5.74, 6) is -0.636. The maximum absolute atomic E-state index is 12.1. The van der Waals surface area contributed by atoms with Gasteiger partial charge in [-0.15, -0.1) is 0 Å². The Morgan fingerprint density at radius 1 is 0.852 bits per heavy atom. The Bertz CT molecular complexity index is 555. The van der Waals surface area contributed by atoms with Gasteiger partial charge < -0.3 is 9.47 Å². The number of pyridine rings is 1. The molecule has 0 amide bonds. The average molecular weight is 378 g/mol. The molecule has 0 fully saturated rings. The number of aromatic nitrogens is 1. The van der Waals surface area contributed by atoms with Crippen LogP contribution in [0, 0.1) is 5.92 Å². The fraction of sp³-hybridized carbons (Fsp3) is 0.682. The van der Waals surface area contributed by atoms with Gasteiger partial charge in [0.25, 0.3) is 0 Å². The number of esters is 2. The summed E-state index contributed by atoms with van der Waals surface area (Å²) in [5, 5.41) is 0. The lowest BCUT2D eigenvalue weighted by atomic mass is 10.1. The number of unbranched alkanes of at least 4 members (excludes halogenated alkanes) is 6. The van der Waals surface area contributed by atoms with E-state index >= 15 is 0 Å². The van der Waals surface area contributed by atoms with Gasteiger partial charge in [-0.25, -0.2) is 14.6 Å². The predicted octanol–water partition coefficient (Wildman–Crippen LogP) is 5.58. The van der Waals surface area contributed by atoms with Crippen molar-refractivity contribution in [2.75, 3.05) is 13.2 Å². The predicted molar refractivity (Wildman–Crippen MR) is 107 cm³/mol. The van der Waals surface area contributed by atoms with Crippen LogP contribution in [0.15, 0.2) is 18.2 Å². The van der Waals surface area contributed by atoms with Crippen LogP contribution in [0.5, 0.6) is 0 Å². The van der Waals surface area contributed by atoms with E-state index in [4.69, 9.17) is 9.47 Å². The first-order valence-electron chi connectivity index (χ1n) is 10.4. The van der Waals surface area contributed by atoms with Crippen molar-refractivity contribution < 1.29 is 19.1 Å². The first-order chi connectivity index (χ1) is 13.1. The smallest absolute Gasteiger partial charge is 0.356 e. The van der Waals surface area contributed by atoms with E-state index in [9.17, 15) is 9.59 Å². The van der Waals surface area contributed by atoms with Gasteiger partial charge in [0.1, 0.15) is 11.4 Å². The lowest BCUT2D eigenvalue weighted by Crippen LogP contribution is -2.16. The maximum atomic E-state index is 12.1. The van der Waals surface area contributed by atoms with Crippen molar-refractivity contribution in [2.45, 2.75) is 78.6 Å². The molecule has 1 aromatic heterocycles. The first kappa shape index (κ1) is 23.1.